The molecule has 0 aliphatic carbocycles. The second kappa shape index (κ2) is 6.89. The van der Waals surface area contributed by atoms with Crippen LogP contribution >= 0.6 is 0 Å². The molecule has 0 spiro atoms. The number of hydrogen-bond acceptors (Lipinski definition) is 2. The lowest BCUT2D eigenvalue weighted by Crippen LogP contribution is -2.40. The van der Waals surface area contributed by atoms with Gasteiger partial charge in [0.15, 0.2) is 0 Å². The summed E-state index contributed by atoms with van der Waals surface area (Å²) in [7, 11) is 4.15. The molecular weight excluding hydrogens is 200 g/mol. The van der Waals surface area contributed by atoms with Crippen molar-refractivity contribution in [1.82, 2.24) is 9.80 Å². The van der Waals surface area contributed by atoms with E-state index in [1.165, 1.54) is 19.3 Å². The van der Waals surface area contributed by atoms with Crippen LogP contribution in [-0.2, 0) is 4.79 Å². The van der Waals surface area contributed by atoms with Gasteiger partial charge in [-0.05, 0) is 39.8 Å². The summed E-state index contributed by atoms with van der Waals surface area (Å²) < 4.78 is 0. The predicted octanol–water partition coefficient (Wildman–Crippen LogP) is 2.12. The Bertz CT molecular complexity index is 210. The van der Waals surface area contributed by atoms with Crippen LogP contribution in [0, 0.1) is 0 Å². The predicted molar refractivity (Wildman–Crippen MR) is 67.4 cm³/mol. The van der Waals surface area contributed by atoms with Gasteiger partial charge in [-0.25, -0.2) is 0 Å². The Labute approximate surface area is 99.8 Å². The molecule has 1 aliphatic heterocycles. The number of carbonyl (C=O) groups is 1. The van der Waals surface area contributed by atoms with E-state index in [2.05, 4.69) is 30.8 Å². The third kappa shape index (κ3) is 4.12. The molecule has 1 rings (SSSR count). The SMILES string of the molecule is CCCC(CC(=O)N1CCCCC1)N(C)C. The van der Waals surface area contributed by atoms with Crippen molar-refractivity contribution in [2.24, 2.45) is 0 Å². The van der Waals surface area contributed by atoms with Gasteiger partial charge in [-0.1, -0.05) is 13.3 Å². The highest BCUT2D eigenvalue weighted by Gasteiger charge is 2.21. The largest absolute Gasteiger partial charge is 0.343 e. The molecule has 1 saturated heterocycles. The zero-order valence-corrected chi connectivity index (χ0v) is 11.0. The van der Waals surface area contributed by atoms with Crippen molar-refractivity contribution in [3.8, 4) is 0 Å². The second-order valence-corrected chi connectivity index (χ2v) is 5.05. The van der Waals surface area contributed by atoms with Gasteiger partial charge < -0.3 is 9.80 Å². The number of amides is 1. The van der Waals surface area contributed by atoms with Crippen LogP contribution in [0.5, 0.6) is 0 Å². The summed E-state index contributed by atoms with van der Waals surface area (Å²) >= 11 is 0. The first-order valence-corrected chi connectivity index (χ1v) is 6.59. The monoisotopic (exact) mass is 226 g/mol. The third-order valence-electron chi connectivity index (χ3n) is 3.47. The van der Waals surface area contributed by atoms with Gasteiger partial charge >= 0.3 is 0 Å². The van der Waals surface area contributed by atoms with Crippen molar-refractivity contribution in [2.45, 2.75) is 51.5 Å². The van der Waals surface area contributed by atoms with Crippen molar-refractivity contribution in [3.63, 3.8) is 0 Å². The first-order chi connectivity index (χ1) is 7.65. The van der Waals surface area contributed by atoms with E-state index in [0.29, 0.717) is 18.4 Å². The molecule has 94 valence electrons. The first kappa shape index (κ1) is 13.5. The van der Waals surface area contributed by atoms with Crippen molar-refractivity contribution >= 4 is 5.91 Å². The lowest BCUT2D eigenvalue weighted by molar-refractivity contribution is -0.133. The zero-order chi connectivity index (χ0) is 12.0. The molecule has 0 aromatic heterocycles. The number of nitrogens with zero attached hydrogens (tertiary/aromatic N) is 2. The zero-order valence-electron chi connectivity index (χ0n) is 11.0. The molecule has 1 aliphatic rings. The fourth-order valence-electron chi connectivity index (χ4n) is 2.35. The summed E-state index contributed by atoms with van der Waals surface area (Å²) in [4.78, 5) is 16.3. The quantitative estimate of drug-likeness (QED) is 0.717. The van der Waals surface area contributed by atoms with E-state index in [-0.39, 0.29) is 0 Å². The number of hydrogen-bond donors (Lipinski definition) is 0. The van der Waals surface area contributed by atoms with Crippen LogP contribution in [0.25, 0.3) is 0 Å². The van der Waals surface area contributed by atoms with Gasteiger partial charge in [0.05, 0.1) is 0 Å². The van der Waals surface area contributed by atoms with E-state index < -0.39 is 0 Å². The second-order valence-electron chi connectivity index (χ2n) is 5.05. The highest BCUT2D eigenvalue weighted by Crippen LogP contribution is 2.14. The fourth-order valence-corrected chi connectivity index (χ4v) is 2.35. The summed E-state index contributed by atoms with van der Waals surface area (Å²) in [5, 5.41) is 0. The molecule has 1 fully saturated rings. The van der Waals surface area contributed by atoms with Gasteiger partial charge in [0, 0.05) is 25.6 Å². The summed E-state index contributed by atoms with van der Waals surface area (Å²) in [6, 6.07) is 0.416. The van der Waals surface area contributed by atoms with Crippen LogP contribution < -0.4 is 0 Å². The summed E-state index contributed by atoms with van der Waals surface area (Å²) in [5.41, 5.74) is 0. The molecule has 0 aromatic carbocycles. The number of likely N-dealkylation sites (tertiary alicyclic amines) is 1. The Kier molecular flexibility index (Phi) is 5.81. The molecule has 0 bridgehead atoms. The van der Waals surface area contributed by atoms with Gasteiger partial charge in [0.1, 0.15) is 0 Å². The van der Waals surface area contributed by atoms with E-state index in [0.717, 1.165) is 25.9 Å². The normalized spacial score (nSPS) is 18.9. The Hall–Kier alpha value is -0.570. The molecule has 0 saturated carbocycles. The molecule has 0 N–H and O–H groups in total. The van der Waals surface area contributed by atoms with Gasteiger partial charge in [0.25, 0.3) is 0 Å². The lowest BCUT2D eigenvalue weighted by Gasteiger charge is -2.30. The maximum atomic E-state index is 12.1. The van der Waals surface area contributed by atoms with Crippen LogP contribution in [0.3, 0.4) is 0 Å². The van der Waals surface area contributed by atoms with E-state index in [1.807, 2.05) is 0 Å². The smallest absolute Gasteiger partial charge is 0.224 e. The standard InChI is InChI=1S/C13H26N2O/c1-4-8-12(14(2)3)11-13(16)15-9-6-5-7-10-15/h12H,4-11H2,1-3H3. The molecule has 0 radical (unpaired) electrons. The van der Waals surface area contributed by atoms with Crippen molar-refractivity contribution in [3.05, 3.63) is 0 Å². The minimum absolute atomic E-state index is 0.354. The molecule has 1 atom stereocenters. The van der Waals surface area contributed by atoms with Gasteiger partial charge in [-0.15, -0.1) is 0 Å². The Morgan fingerprint density at radius 3 is 2.38 bits per heavy atom. The number of piperidine rings is 1. The molecule has 16 heavy (non-hydrogen) atoms. The summed E-state index contributed by atoms with van der Waals surface area (Å²) in [6.45, 7) is 4.14. The van der Waals surface area contributed by atoms with Crippen molar-refractivity contribution in [1.29, 1.82) is 0 Å². The van der Waals surface area contributed by atoms with Crippen LogP contribution in [0.15, 0.2) is 0 Å². The average Bonchev–Trinajstić information content (AvgIpc) is 2.29. The van der Waals surface area contributed by atoms with E-state index in [9.17, 15) is 4.79 Å². The minimum Gasteiger partial charge on any atom is -0.343 e. The summed E-state index contributed by atoms with van der Waals surface area (Å²) in [6.07, 6.45) is 6.62. The highest BCUT2D eigenvalue weighted by atomic mass is 16.2. The number of carbonyl (C=O) groups excluding carboxylic acids is 1. The molecule has 0 aromatic rings. The Balaban J connectivity index is 2.40. The fraction of sp³-hybridized carbons (Fsp3) is 0.923. The van der Waals surface area contributed by atoms with Crippen molar-refractivity contribution in [2.75, 3.05) is 27.2 Å². The molecule has 1 unspecified atom stereocenters. The van der Waals surface area contributed by atoms with E-state index >= 15 is 0 Å². The van der Waals surface area contributed by atoms with Crippen LogP contribution in [0.4, 0.5) is 0 Å². The van der Waals surface area contributed by atoms with Gasteiger partial charge in [-0.2, -0.15) is 0 Å². The van der Waals surface area contributed by atoms with Gasteiger partial charge in [0.2, 0.25) is 5.91 Å². The minimum atomic E-state index is 0.354. The Morgan fingerprint density at radius 1 is 1.25 bits per heavy atom. The third-order valence-corrected chi connectivity index (χ3v) is 3.47. The topological polar surface area (TPSA) is 23.6 Å². The number of rotatable bonds is 5. The van der Waals surface area contributed by atoms with Gasteiger partial charge in [-0.3, -0.25) is 4.79 Å². The van der Waals surface area contributed by atoms with Crippen molar-refractivity contribution < 1.29 is 4.79 Å². The molecule has 3 nitrogen and oxygen atoms in total. The Morgan fingerprint density at radius 2 is 1.88 bits per heavy atom. The molecular formula is C13H26N2O. The molecule has 1 heterocycles. The lowest BCUT2D eigenvalue weighted by atomic mass is 10.0. The van der Waals surface area contributed by atoms with E-state index in [1.54, 1.807) is 0 Å². The summed E-state index contributed by atoms with van der Waals surface area (Å²) in [5.74, 6) is 0.354. The van der Waals surface area contributed by atoms with E-state index in [4.69, 9.17) is 0 Å². The van der Waals surface area contributed by atoms with Crippen LogP contribution in [-0.4, -0.2) is 48.9 Å². The maximum absolute atomic E-state index is 12.1. The molecule has 1 amide bonds. The highest BCUT2D eigenvalue weighted by molar-refractivity contribution is 5.76. The van der Waals surface area contributed by atoms with Crippen LogP contribution in [0.1, 0.15) is 45.4 Å². The average molecular weight is 226 g/mol. The maximum Gasteiger partial charge on any atom is 0.224 e. The molecule has 3 heteroatoms. The van der Waals surface area contributed by atoms with Crippen LogP contribution in [0.2, 0.25) is 0 Å². The first-order valence-electron chi connectivity index (χ1n) is 6.59.